The average Bonchev–Trinajstić information content (AvgIpc) is 2.87. The molecule has 0 aromatic carbocycles. The number of rotatable bonds is 4. The van der Waals surface area contributed by atoms with Crippen LogP contribution in [0.5, 0.6) is 0 Å². The van der Waals surface area contributed by atoms with Gasteiger partial charge in [-0.2, -0.15) is 0 Å². The zero-order chi connectivity index (χ0) is 11.4. The van der Waals surface area contributed by atoms with Crippen molar-refractivity contribution in [3.63, 3.8) is 0 Å². The third-order valence-electron chi connectivity index (χ3n) is 3.24. The van der Waals surface area contributed by atoms with Crippen molar-refractivity contribution in [3.05, 3.63) is 0 Å². The van der Waals surface area contributed by atoms with Gasteiger partial charge in [0.1, 0.15) is 0 Å². The predicted octanol–water partition coefficient (Wildman–Crippen LogP) is 2.27. The van der Waals surface area contributed by atoms with Gasteiger partial charge in [-0.1, -0.05) is 25.6 Å². The van der Waals surface area contributed by atoms with E-state index in [1.54, 1.807) is 0 Å². The highest BCUT2D eigenvalue weighted by Crippen LogP contribution is 2.20. The van der Waals surface area contributed by atoms with Gasteiger partial charge >= 0.3 is 0 Å². The molecule has 0 aromatic rings. The first-order valence-electron chi connectivity index (χ1n) is 6.31. The quantitative estimate of drug-likeness (QED) is 0.821. The molecule has 0 bridgehead atoms. The monoisotopic (exact) mass is 242 g/mol. The second kappa shape index (κ2) is 5.92. The molecule has 0 aromatic heterocycles. The van der Waals surface area contributed by atoms with Crippen molar-refractivity contribution < 1.29 is 4.74 Å². The molecule has 0 spiro atoms. The molecule has 2 unspecified atom stereocenters. The molecule has 2 saturated heterocycles. The number of ether oxygens (including phenoxy) is 1. The summed E-state index contributed by atoms with van der Waals surface area (Å²) in [5.74, 6) is 1.86. The maximum absolute atomic E-state index is 5.58. The van der Waals surface area contributed by atoms with Crippen LogP contribution in [0.1, 0.15) is 33.1 Å². The second-order valence-corrected chi connectivity index (χ2v) is 5.93. The first-order chi connectivity index (χ1) is 7.75. The van der Waals surface area contributed by atoms with Crippen LogP contribution in [0, 0.1) is 5.92 Å². The third kappa shape index (κ3) is 3.39. The number of thioether (sulfide) groups is 1. The van der Waals surface area contributed by atoms with E-state index in [4.69, 9.17) is 4.74 Å². The fourth-order valence-electron chi connectivity index (χ4n) is 2.04. The molecule has 0 radical (unpaired) electrons. The van der Waals surface area contributed by atoms with E-state index in [0.29, 0.717) is 18.1 Å². The first-order valence-corrected chi connectivity index (χ1v) is 7.29. The SMILES string of the molecule is CC(C)C1CSC(=NCCC2CCCO2)N1. The lowest BCUT2D eigenvalue weighted by molar-refractivity contribution is 0.106. The van der Waals surface area contributed by atoms with Crippen LogP contribution in [0.25, 0.3) is 0 Å². The molecule has 0 saturated carbocycles. The zero-order valence-electron chi connectivity index (χ0n) is 10.2. The van der Waals surface area contributed by atoms with Gasteiger partial charge in [0.25, 0.3) is 0 Å². The standard InChI is InChI=1S/C12H22N2OS/c1-9(2)11-8-16-12(14-11)13-6-5-10-4-3-7-15-10/h9-11H,3-8H2,1-2H3,(H,13,14). The summed E-state index contributed by atoms with van der Waals surface area (Å²) in [4.78, 5) is 4.61. The molecular formula is C12H22N2OS. The van der Waals surface area contributed by atoms with E-state index >= 15 is 0 Å². The average molecular weight is 242 g/mol. The van der Waals surface area contributed by atoms with E-state index in [-0.39, 0.29) is 0 Å². The second-order valence-electron chi connectivity index (χ2n) is 4.92. The van der Waals surface area contributed by atoms with Gasteiger partial charge in [0.2, 0.25) is 0 Å². The van der Waals surface area contributed by atoms with Crippen LogP contribution in [0.2, 0.25) is 0 Å². The lowest BCUT2D eigenvalue weighted by Gasteiger charge is -2.13. The molecular weight excluding hydrogens is 220 g/mol. The van der Waals surface area contributed by atoms with Gasteiger partial charge in [-0.3, -0.25) is 4.99 Å². The summed E-state index contributed by atoms with van der Waals surface area (Å²) in [5.41, 5.74) is 0. The lowest BCUT2D eigenvalue weighted by Crippen LogP contribution is -2.31. The minimum atomic E-state index is 0.469. The van der Waals surface area contributed by atoms with Crippen molar-refractivity contribution in [2.24, 2.45) is 10.9 Å². The first kappa shape index (κ1) is 12.2. The lowest BCUT2D eigenvalue weighted by atomic mass is 10.1. The van der Waals surface area contributed by atoms with Gasteiger partial charge in [-0.25, -0.2) is 0 Å². The van der Waals surface area contributed by atoms with Gasteiger partial charge in [0.05, 0.1) is 6.10 Å². The molecule has 2 rings (SSSR count). The summed E-state index contributed by atoms with van der Waals surface area (Å²) in [6, 6.07) is 0.603. The van der Waals surface area contributed by atoms with Gasteiger partial charge < -0.3 is 10.1 Å². The highest BCUT2D eigenvalue weighted by molar-refractivity contribution is 8.14. The third-order valence-corrected chi connectivity index (χ3v) is 4.29. The van der Waals surface area contributed by atoms with Gasteiger partial charge in [0.15, 0.2) is 5.17 Å². The molecule has 4 heteroatoms. The van der Waals surface area contributed by atoms with E-state index in [2.05, 4.69) is 24.2 Å². The maximum atomic E-state index is 5.58. The number of aliphatic imine (C=N–C) groups is 1. The van der Waals surface area contributed by atoms with Crippen LogP contribution in [0.15, 0.2) is 4.99 Å². The summed E-state index contributed by atoms with van der Waals surface area (Å²) >= 11 is 1.86. The highest BCUT2D eigenvalue weighted by atomic mass is 32.2. The molecule has 0 amide bonds. The topological polar surface area (TPSA) is 33.6 Å². The summed E-state index contributed by atoms with van der Waals surface area (Å²) in [5, 5.41) is 4.62. The van der Waals surface area contributed by atoms with Crippen LogP contribution in [-0.4, -0.2) is 36.2 Å². The Labute approximate surface area is 102 Å². The summed E-state index contributed by atoms with van der Waals surface area (Å²) < 4.78 is 5.58. The van der Waals surface area contributed by atoms with Gasteiger partial charge in [0, 0.05) is 24.9 Å². The van der Waals surface area contributed by atoms with Crippen molar-refractivity contribution in [2.75, 3.05) is 18.9 Å². The van der Waals surface area contributed by atoms with E-state index in [0.717, 1.165) is 30.5 Å². The van der Waals surface area contributed by atoms with Crippen molar-refractivity contribution in [3.8, 4) is 0 Å². The predicted molar refractivity (Wildman–Crippen MR) is 70.1 cm³/mol. The van der Waals surface area contributed by atoms with Crippen molar-refractivity contribution in [1.82, 2.24) is 5.32 Å². The molecule has 0 aliphatic carbocycles. The van der Waals surface area contributed by atoms with Gasteiger partial charge in [-0.05, 0) is 25.2 Å². The fourth-order valence-corrected chi connectivity index (χ4v) is 3.27. The van der Waals surface area contributed by atoms with Crippen LogP contribution < -0.4 is 5.32 Å². The van der Waals surface area contributed by atoms with Crippen molar-refractivity contribution in [1.29, 1.82) is 0 Å². The van der Waals surface area contributed by atoms with E-state index < -0.39 is 0 Å². The van der Waals surface area contributed by atoms with Gasteiger partial charge in [-0.15, -0.1) is 0 Å². The molecule has 2 fully saturated rings. The highest BCUT2D eigenvalue weighted by Gasteiger charge is 2.22. The molecule has 1 N–H and O–H groups in total. The van der Waals surface area contributed by atoms with Crippen molar-refractivity contribution in [2.45, 2.75) is 45.3 Å². The Balaban J connectivity index is 1.68. The molecule has 2 aliphatic rings. The van der Waals surface area contributed by atoms with Crippen molar-refractivity contribution >= 4 is 16.9 Å². The normalized spacial score (nSPS) is 32.6. The molecule has 2 atom stereocenters. The van der Waals surface area contributed by atoms with Crippen LogP contribution in [-0.2, 0) is 4.74 Å². The Bertz CT molecular complexity index is 249. The van der Waals surface area contributed by atoms with Crippen LogP contribution in [0.3, 0.4) is 0 Å². The number of hydrogen-bond donors (Lipinski definition) is 1. The summed E-state index contributed by atoms with van der Waals surface area (Å²) in [7, 11) is 0. The molecule has 16 heavy (non-hydrogen) atoms. The molecule has 92 valence electrons. The van der Waals surface area contributed by atoms with E-state index in [9.17, 15) is 0 Å². The Hall–Kier alpha value is -0.220. The van der Waals surface area contributed by atoms with Crippen LogP contribution >= 0.6 is 11.8 Å². The number of nitrogens with one attached hydrogen (secondary N) is 1. The number of amidine groups is 1. The van der Waals surface area contributed by atoms with Crippen LogP contribution in [0.4, 0.5) is 0 Å². The summed E-state index contributed by atoms with van der Waals surface area (Å²) in [6.45, 7) is 6.37. The molecule has 3 nitrogen and oxygen atoms in total. The Morgan fingerprint density at radius 1 is 1.56 bits per heavy atom. The molecule has 2 aliphatic heterocycles. The fraction of sp³-hybridized carbons (Fsp3) is 0.917. The Kier molecular flexibility index (Phi) is 4.53. The summed E-state index contributed by atoms with van der Waals surface area (Å²) in [6.07, 6.45) is 4.00. The minimum absolute atomic E-state index is 0.469. The smallest absolute Gasteiger partial charge is 0.156 e. The molecule has 2 heterocycles. The zero-order valence-corrected chi connectivity index (χ0v) is 11.1. The van der Waals surface area contributed by atoms with E-state index in [1.807, 2.05) is 11.8 Å². The Morgan fingerprint density at radius 3 is 3.06 bits per heavy atom. The minimum Gasteiger partial charge on any atom is -0.378 e. The number of nitrogens with zero attached hydrogens (tertiary/aromatic N) is 1. The Morgan fingerprint density at radius 2 is 2.44 bits per heavy atom. The maximum Gasteiger partial charge on any atom is 0.156 e. The van der Waals surface area contributed by atoms with E-state index in [1.165, 1.54) is 12.8 Å². The largest absolute Gasteiger partial charge is 0.378 e. The number of hydrogen-bond acceptors (Lipinski definition) is 3.